The first-order valence-corrected chi connectivity index (χ1v) is 12.4. The summed E-state index contributed by atoms with van der Waals surface area (Å²) in [6, 6.07) is 14.7. The number of thiophene rings is 1. The highest BCUT2D eigenvalue weighted by Crippen LogP contribution is 2.37. The molecule has 0 radical (unpaired) electrons. The first-order chi connectivity index (χ1) is 17.5. The van der Waals surface area contributed by atoms with Crippen LogP contribution in [0, 0.1) is 11.3 Å². The van der Waals surface area contributed by atoms with Gasteiger partial charge in [0.15, 0.2) is 11.5 Å². The molecule has 0 spiro atoms. The van der Waals surface area contributed by atoms with Gasteiger partial charge in [-0.15, -0.1) is 11.3 Å². The van der Waals surface area contributed by atoms with E-state index in [0.29, 0.717) is 39.3 Å². The summed E-state index contributed by atoms with van der Waals surface area (Å²) in [5, 5.41) is 17.0. The van der Waals surface area contributed by atoms with Gasteiger partial charge in [0.1, 0.15) is 17.7 Å². The SMILES string of the molecule is COc1cc(/C=N/NC(=O)C(=O)Nc2sc3c(c2C#N)CCCC3)ccc1OCc1ccc(Cl)cc1. The van der Waals surface area contributed by atoms with Crippen molar-refractivity contribution in [2.24, 2.45) is 5.10 Å². The minimum atomic E-state index is -0.934. The van der Waals surface area contributed by atoms with Gasteiger partial charge in [0.2, 0.25) is 0 Å². The third-order valence-electron chi connectivity index (χ3n) is 5.59. The van der Waals surface area contributed by atoms with Gasteiger partial charge >= 0.3 is 11.8 Å². The summed E-state index contributed by atoms with van der Waals surface area (Å²) in [6.45, 7) is 0.340. The van der Waals surface area contributed by atoms with Crippen molar-refractivity contribution in [2.75, 3.05) is 12.4 Å². The molecule has 0 fully saturated rings. The molecular weight excluding hydrogens is 500 g/mol. The molecule has 2 aromatic carbocycles. The number of carbonyl (C=O) groups is 2. The Morgan fingerprint density at radius 3 is 2.67 bits per heavy atom. The van der Waals surface area contributed by atoms with Crippen LogP contribution in [0.25, 0.3) is 0 Å². The second-order valence-electron chi connectivity index (χ2n) is 8.01. The zero-order valence-corrected chi connectivity index (χ0v) is 21.0. The quantitative estimate of drug-likeness (QED) is 0.262. The first kappa shape index (κ1) is 25.2. The number of methoxy groups -OCH3 is 1. The molecule has 1 aliphatic carbocycles. The van der Waals surface area contributed by atoms with E-state index in [2.05, 4.69) is 21.9 Å². The van der Waals surface area contributed by atoms with E-state index in [9.17, 15) is 14.9 Å². The van der Waals surface area contributed by atoms with Crippen molar-refractivity contribution in [3.05, 3.63) is 74.6 Å². The molecule has 8 nitrogen and oxygen atoms in total. The van der Waals surface area contributed by atoms with Gasteiger partial charge in [-0.1, -0.05) is 23.7 Å². The Balaban J connectivity index is 1.34. The van der Waals surface area contributed by atoms with Crippen molar-refractivity contribution in [3.63, 3.8) is 0 Å². The lowest BCUT2D eigenvalue weighted by Gasteiger charge is -2.11. The number of benzene rings is 2. The second-order valence-corrected chi connectivity index (χ2v) is 9.55. The normalized spacial score (nSPS) is 12.5. The van der Waals surface area contributed by atoms with Crippen LogP contribution in [0.1, 0.15) is 40.0 Å². The molecule has 0 saturated heterocycles. The maximum Gasteiger partial charge on any atom is 0.329 e. The van der Waals surface area contributed by atoms with E-state index < -0.39 is 11.8 Å². The number of hydrazone groups is 1. The van der Waals surface area contributed by atoms with Crippen LogP contribution in [0.4, 0.5) is 5.00 Å². The molecule has 1 aliphatic rings. The largest absolute Gasteiger partial charge is 0.493 e. The van der Waals surface area contributed by atoms with Crippen molar-refractivity contribution in [1.29, 1.82) is 5.26 Å². The fourth-order valence-electron chi connectivity index (χ4n) is 3.77. The fourth-order valence-corrected chi connectivity index (χ4v) is 5.13. The Kier molecular flexibility index (Phi) is 8.21. The number of fused-ring (bicyclic) bond motifs is 1. The number of ether oxygens (including phenoxy) is 2. The Morgan fingerprint density at radius 1 is 1.14 bits per heavy atom. The summed E-state index contributed by atoms with van der Waals surface area (Å²) in [6.07, 6.45) is 5.16. The summed E-state index contributed by atoms with van der Waals surface area (Å²) >= 11 is 7.26. The molecule has 2 N–H and O–H groups in total. The number of nitriles is 1. The molecular formula is C26H23ClN4O4S. The van der Waals surface area contributed by atoms with Gasteiger partial charge in [-0.25, -0.2) is 5.43 Å². The number of nitrogens with zero attached hydrogens (tertiary/aromatic N) is 2. The third-order valence-corrected chi connectivity index (χ3v) is 7.05. The summed E-state index contributed by atoms with van der Waals surface area (Å²) in [7, 11) is 1.52. The van der Waals surface area contributed by atoms with Crippen molar-refractivity contribution >= 4 is 46.0 Å². The average Bonchev–Trinajstić information content (AvgIpc) is 3.25. The number of nitrogens with one attached hydrogen (secondary N) is 2. The van der Waals surface area contributed by atoms with Gasteiger partial charge < -0.3 is 14.8 Å². The van der Waals surface area contributed by atoms with Gasteiger partial charge in [-0.05, 0) is 72.7 Å². The number of halogens is 1. The van der Waals surface area contributed by atoms with Crippen molar-refractivity contribution in [1.82, 2.24) is 5.43 Å². The molecule has 10 heteroatoms. The van der Waals surface area contributed by atoms with Crippen LogP contribution >= 0.6 is 22.9 Å². The number of hydrogen-bond acceptors (Lipinski definition) is 7. The maximum absolute atomic E-state index is 12.3. The molecule has 36 heavy (non-hydrogen) atoms. The Hall–Kier alpha value is -3.87. The maximum atomic E-state index is 12.3. The van der Waals surface area contributed by atoms with Gasteiger partial charge in [-0.3, -0.25) is 9.59 Å². The fraction of sp³-hybridized carbons (Fsp3) is 0.231. The first-order valence-electron chi connectivity index (χ1n) is 11.2. The van der Waals surface area contributed by atoms with Crippen LogP contribution in [0.2, 0.25) is 5.02 Å². The average molecular weight is 523 g/mol. The summed E-state index contributed by atoms with van der Waals surface area (Å²) in [5.41, 5.74) is 5.23. The van der Waals surface area contributed by atoms with E-state index in [4.69, 9.17) is 21.1 Å². The summed E-state index contributed by atoms with van der Waals surface area (Å²) in [5.74, 6) is -0.787. The van der Waals surface area contributed by atoms with Crippen molar-refractivity contribution in [3.8, 4) is 17.6 Å². The molecule has 184 valence electrons. The number of aryl methyl sites for hydroxylation is 1. The van der Waals surface area contributed by atoms with Crippen LogP contribution < -0.4 is 20.2 Å². The lowest BCUT2D eigenvalue weighted by molar-refractivity contribution is -0.136. The smallest absolute Gasteiger partial charge is 0.329 e. The number of amides is 2. The van der Waals surface area contributed by atoms with E-state index >= 15 is 0 Å². The standard InChI is InChI=1S/C26H23ClN4O4S/c1-34-22-12-17(8-11-21(22)35-15-16-6-9-18(27)10-7-16)14-29-31-25(33)24(32)30-26-20(13-28)19-4-2-3-5-23(19)36-26/h6-12,14H,2-5,15H2,1H3,(H,30,32)(H,31,33)/b29-14+. The highest BCUT2D eigenvalue weighted by Gasteiger charge is 2.23. The van der Waals surface area contributed by atoms with Gasteiger partial charge in [0.25, 0.3) is 0 Å². The molecule has 2 amide bonds. The number of hydrogen-bond donors (Lipinski definition) is 2. The number of anilines is 1. The van der Waals surface area contributed by atoms with E-state index in [-0.39, 0.29) is 0 Å². The zero-order valence-electron chi connectivity index (χ0n) is 19.5. The Labute approximate surface area is 217 Å². The van der Waals surface area contributed by atoms with Crippen LogP contribution in [-0.4, -0.2) is 25.1 Å². The van der Waals surface area contributed by atoms with Gasteiger partial charge in [0, 0.05) is 9.90 Å². The van der Waals surface area contributed by atoms with E-state index in [1.165, 1.54) is 24.7 Å². The van der Waals surface area contributed by atoms with E-state index in [1.54, 1.807) is 30.3 Å². The molecule has 0 aliphatic heterocycles. The molecule has 1 aromatic heterocycles. The van der Waals surface area contributed by atoms with Crippen LogP contribution in [0.5, 0.6) is 11.5 Å². The molecule has 0 unspecified atom stereocenters. The molecule has 0 bridgehead atoms. The summed E-state index contributed by atoms with van der Waals surface area (Å²) in [4.78, 5) is 25.7. The lowest BCUT2D eigenvalue weighted by Crippen LogP contribution is -2.32. The third kappa shape index (κ3) is 6.03. The molecule has 3 aromatic rings. The molecule has 0 saturated carbocycles. The zero-order chi connectivity index (χ0) is 25.5. The lowest BCUT2D eigenvalue weighted by atomic mass is 9.96. The van der Waals surface area contributed by atoms with Gasteiger partial charge in [-0.2, -0.15) is 10.4 Å². The Bertz CT molecular complexity index is 1350. The van der Waals surface area contributed by atoms with E-state index in [1.807, 2.05) is 12.1 Å². The Morgan fingerprint density at radius 2 is 1.92 bits per heavy atom. The van der Waals surface area contributed by atoms with Crippen molar-refractivity contribution < 1.29 is 19.1 Å². The predicted molar refractivity (Wildman–Crippen MR) is 139 cm³/mol. The molecule has 0 atom stereocenters. The molecule has 4 rings (SSSR count). The number of rotatable bonds is 7. The topological polar surface area (TPSA) is 113 Å². The van der Waals surface area contributed by atoms with E-state index in [0.717, 1.165) is 41.7 Å². The summed E-state index contributed by atoms with van der Waals surface area (Å²) < 4.78 is 11.2. The predicted octanol–water partition coefficient (Wildman–Crippen LogP) is 4.83. The minimum absolute atomic E-state index is 0.340. The minimum Gasteiger partial charge on any atom is -0.493 e. The number of carbonyl (C=O) groups excluding carboxylic acids is 2. The monoisotopic (exact) mass is 522 g/mol. The molecule has 1 heterocycles. The van der Waals surface area contributed by atoms with Crippen LogP contribution in [0.3, 0.4) is 0 Å². The second kappa shape index (κ2) is 11.7. The van der Waals surface area contributed by atoms with Crippen molar-refractivity contribution in [2.45, 2.75) is 32.3 Å². The highest BCUT2D eigenvalue weighted by atomic mass is 35.5. The van der Waals surface area contributed by atoms with Crippen LogP contribution in [-0.2, 0) is 29.0 Å². The van der Waals surface area contributed by atoms with Crippen LogP contribution in [0.15, 0.2) is 47.6 Å². The highest BCUT2D eigenvalue weighted by molar-refractivity contribution is 7.16. The van der Waals surface area contributed by atoms with Gasteiger partial charge in [0.05, 0.1) is 18.9 Å².